The second kappa shape index (κ2) is 8.13. The lowest BCUT2D eigenvalue weighted by atomic mass is 10.2. The first kappa shape index (κ1) is 15.1. The molecule has 0 saturated carbocycles. The van der Waals surface area contributed by atoms with E-state index < -0.39 is 0 Å². The van der Waals surface area contributed by atoms with Crippen molar-refractivity contribution in [2.75, 3.05) is 5.75 Å². The van der Waals surface area contributed by atoms with Crippen LogP contribution >= 0.6 is 11.8 Å². The number of aryl methyl sites for hydroxylation is 1. The minimum absolute atomic E-state index is 0.532. The summed E-state index contributed by atoms with van der Waals surface area (Å²) in [5.41, 5.74) is 2.78. The van der Waals surface area contributed by atoms with Crippen LogP contribution in [0.1, 0.15) is 25.0 Å². The van der Waals surface area contributed by atoms with Gasteiger partial charge >= 0.3 is 0 Å². The van der Waals surface area contributed by atoms with Crippen LogP contribution in [-0.4, -0.2) is 11.8 Å². The van der Waals surface area contributed by atoms with Gasteiger partial charge < -0.3 is 5.32 Å². The first-order valence-corrected chi connectivity index (χ1v) is 8.21. The average Bonchev–Trinajstić information content (AvgIpc) is 2.47. The molecular formula is C18H23NS. The first-order chi connectivity index (χ1) is 9.74. The summed E-state index contributed by atoms with van der Waals surface area (Å²) in [5, 5.41) is 3.46. The van der Waals surface area contributed by atoms with Crippen LogP contribution in [0.4, 0.5) is 0 Å². The molecule has 0 atom stereocenters. The van der Waals surface area contributed by atoms with Crippen molar-refractivity contribution in [3.63, 3.8) is 0 Å². The molecule has 0 aliphatic rings. The van der Waals surface area contributed by atoms with Crippen LogP contribution in [0.15, 0.2) is 59.5 Å². The minimum Gasteiger partial charge on any atom is -0.310 e. The van der Waals surface area contributed by atoms with Crippen LogP contribution in [-0.2, 0) is 13.0 Å². The zero-order valence-electron chi connectivity index (χ0n) is 12.3. The Kier molecular flexibility index (Phi) is 6.16. The maximum atomic E-state index is 3.46. The number of hydrogen-bond donors (Lipinski definition) is 1. The van der Waals surface area contributed by atoms with Crippen molar-refractivity contribution in [3.05, 3.63) is 65.7 Å². The van der Waals surface area contributed by atoms with E-state index in [0.717, 1.165) is 18.7 Å². The predicted octanol–water partition coefficient (Wildman–Crippen LogP) is 4.52. The van der Waals surface area contributed by atoms with Crippen LogP contribution in [0, 0.1) is 0 Å². The standard InChI is InChI=1S/C18H23NS/c1-15(2)19-14-17-9-6-10-18(13-17)20-12-11-16-7-4-3-5-8-16/h3-10,13,15,19H,11-12,14H2,1-2H3. The molecule has 0 aliphatic carbocycles. The lowest BCUT2D eigenvalue weighted by molar-refractivity contribution is 0.588. The quantitative estimate of drug-likeness (QED) is 0.751. The molecule has 0 spiro atoms. The number of rotatable bonds is 7. The molecule has 0 aromatic heterocycles. The van der Waals surface area contributed by atoms with Crippen molar-refractivity contribution in [3.8, 4) is 0 Å². The molecule has 2 aromatic rings. The van der Waals surface area contributed by atoms with Crippen LogP contribution < -0.4 is 5.32 Å². The van der Waals surface area contributed by atoms with E-state index in [9.17, 15) is 0 Å². The van der Waals surface area contributed by atoms with Crippen molar-refractivity contribution in [1.29, 1.82) is 0 Å². The fourth-order valence-electron chi connectivity index (χ4n) is 2.00. The molecule has 1 N–H and O–H groups in total. The lowest BCUT2D eigenvalue weighted by Gasteiger charge is -2.09. The topological polar surface area (TPSA) is 12.0 Å². The zero-order chi connectivity index (χ0) is 14.2. The van der Waals surface area contributed by atoms with Gasteiger partial charge in [0.1, 0.15) is 0 Å². The summed E-state index contributed by atoms with van der Waals surface area (Å²) < 4.78 is 0. The summed E-state index contributed by atoms with van der Waals surface area (Å²) in [7, 11) is 0. The molecule has 0 aliphatic heterocycles. The van der Waals surface area contributed by atoms with Gasteiger partial charge in [-0.1, -0.05) is 56.3 Å². The van der Waals surface area contributed by atoms with E-state index in [-0.39, 0.29) is 0 Å². The predicted molar refractivity (Wildman–Crippen MR) is 89.3 cm³/mol. The van der Waals surface area contributed by atoms with Crippen molar-refractivity contribution >= 4 is 11.8 Å². The second-order valence-corrected chi connectivity index (χ2v) is 6.44. The van der Waals surface area contributed by atoms with Gasteiger partial charge in [0.25, 0.3) is 0 Å². The average molecular weight is 285 g/mol. The molecule has 0 amide bonds. The van der Waals surface area contributed by atoms with Gasteiger partial charge in [-0.2, -0.15) is 0 Å². The van der Waals surface area contributed by atoms with E-state index in [4.69, 9.17) is 0 Å². The summed E-state index contributed by atoms with van der Waals surface area (Å²) in [6.45, 7) is 5.31. The fraction of sp³-hybridized carbons (Fsp3) is 0.333. The van der Waals surface area contributed by atoms with Gasteiger partial charge in [-0.25, -0.2) is 0 Å². The third kappa shape index (κ3) is 5.40. The van der Waals surface area contributed by atoms with E-state index in [1.54, 1.807) is 0 Å². The largest absolute Gasteiger partial charge is 0.310 e. The van der Waals surface area contributed by atoms with Gasteiger partial charge in [0.15, 0.2) is 0 Å². The highest BCUT2D eigenvalue weighted by atomic mass is 32.2. The molecule has 2 rings (SSSR count). The lowest BCUT2D eigenvalue weighted by Crippen LogP contribution is -2.21. The third-order valence-electron chi connectivity index (χ3n) is 3.12. The molecule has 2 heteroatoms. The van der Waals surface area contributed by atoms with E-state index in [1.807, 2.05) is 11.8 Å². The van der Waals surface area contributed by atoms with Gasteiger partial charge in [0.2, 0.25) is 0 Å². The normalized spacial score (nSPS) is 10.9. The van der Waals surface area contributed by atoms with Crippen LogP contribution in [0.3, 0.4) is 0 Å². The Morgan fingerprint density at radius 1 is 0.950 bits per heavy atom. The highest BCUT2D eigenvalue weighted by molar-refractivity contribution is 7.99. The molecule has 106 valence electrons. The van der Waals surface area contributed by atoms with Gasteiger partial charge in [-0.05, 0) is 29.7 Å². The summed E-state index contributed by atoms with van der Waals surface area (Å²) in [6.07, 6.45) is 1.12. The van der Waals surface area contributed by atoms with Crippen LogP contribution in [0.2, 0.25) is 0 Å². The molecule has 0 unspecified atom stereocenters. The Morgan fingerprint density at radius 3 is 2.45 bits per heavy atom. The fourth-order valence-corrected chi connectivity index (χ4v) is 2.98. The Balaban J connectivity index is 1.82. The van der Waals surface area contributed by atoms with Gasteiger partial charge in [-0.3, -0.25) is 0 Å². The molecule has 0 radical (unpaired) electrons. The maximum Gasteiger partial charge on any atom is 0.0208 e. The summed E-state index contributed by atoms with van der Waals surface area (Å²) in [5.74, 6) is 1.13. The Bertz CT molecular complexity index is 508. The van der Waals surface area contributed by atoms with Crippen LogP contribution in [0.25, 0.3) is 0 Å². The van der Waals surface area contributed by atoms with E-state index in [0.29, 0.717) is 6.04 Å². The van der Waals surface area contributed by atoms with Crippen molar-refractivity contribution < 1.29 is 0 Å². The minimum atomic E-state index is 0.532. The molecular weight excluding hydrogens is 262 g/mol. The Morgan fingerprint density at radius 2 is 1.70 bits per heavy atom. The van der Waals surface area contributed by atoms with Crippen LogP contribution in [0.5, 0.6) is 0 Å². The number of benzene rings is 2. The van der Waals surface area contributed by atoms with E-state index >= 15 is 0 Å². The highest BCUT2D eigenvalue weighted by Gasteiger charge is 1.99. The van der Waals surface area contributed by atoms with E-state index in [1.165, 1.54) is 16.0 Å². The molecule has 0 saturated heterocycles. The molecule has 0 heterocycles. The van der Waals surface area contributed by atoms with Gasteiger partial charge in [0, 0.05) is 23.2 Å². The second-order valence-electron chi connectivity index (χ2n) is 5.27. The van der Waals surface area contributed by atoms with Crippen molar-refractivity contribution in [1.82, 2.24) is 5.32 Å². The molecule has 0 fully saturated rings. The molecule has 1 nitrogen and oxygen atoms in total. The Labute approximate surface area is 126 Å². The van der Waals surface area contributed by atoms with Crippen molar-refractivity contribution in [2.24, 2.45) is 0 Å². The third-order valence-corrected chi connectivity index (χ3v) is 4.11. The Hall–Kier alpha value is -1.25. The van der Waals surface area contributed by atoms with Crippen molar-refractivity contribution in [2.45, 2.75) is 37.8 Å². The van der Waals surface area contributed by atoms with Gasteiger partial charge in [-0.15, -0.1) is 11.8 Å². The maximum absolute atomic E-state index is 3.46. The molecule has 0 bridgehead atoms. The molecule has 2 aromatic carbocycles. The number of thioether (sulfide) groups is 1. The van der Waals surface area contributed by atoms with Gasteiger partial charge in [0.05, 0.1) is 0 Å². The highest BCUT2D eigenvalue weighted by Crippen LogP contribution is 2.20. The van der Waals surface area contributed by atoms with E-state index in [2.05, 4.69) is 73.8 Å². The monoisotopic (exact) mass is 285 g/mol. The summed E-state index contributed by atoms with van der Waals surface area (Å²) in [4.78, 5) is 1.36. The zero-order valence-corrected chi connectivity index (χ0v) is 13.1. The summed E-state index contributed by atoms with van der Waals surface area (Å²) in [6, 6.07) is 20.1. The molecule has 20 heavy (non-hydrogen) atoms. The SMILES string of the molecule is CC(C)NCc1cccc(SCCc2ccccc2)c1. The smallest absolute Gasteiger partial charge is 0.0208 e. The number of nitrogens with one attached hydrogen (secondary N) is 1. The summed E-state index contributed by atoms with van der Waals surface area (Å²) >= 11 is 1.94. The number of hydrogen-bond acceptors (Lipinski definition) is 2. The first-order valence-electron chi connectivity index (χ1n) is 7.23.